The van der Waals surface area contributed by atoms with E-state index in [-0.39, 0.29) is 18.2 Å². The molecule has 2 atom stereocenters. The Morgan fingerprint density at radius 1 is 0.926 bits per heavy atom. The smallest absolute Gasteiger partial charge is 0.313 e. The summed E-state index contributed by atoms with van der Waals surface area (Å²) in [6.45, 7) is 5.84. The zero-order valence-corrected chi connectivity index (χ0v) is 16.4. The van der Waals surface area contributed by atoms with Crippen LogP contribution in [-0.2, 0) is 14.3 Å². The first-order valence-electron chi connectivity index (χ1n) is 10.1. The van der Waals surface area contributed by atoms with E-state index in [9.17, 15) is 9.59 Å². The lowest BCUT2D eigenvalue weighted by Gasteiger charge is -2.36. The van der Waals surface area contributed by atoms with Gasteiger partial charge in [0.15, 0.2) is 0 Å². The highest BCUT2D eigenvalue weighted by atomic mass is 16.5. The number of anilines is 2. The van der Waals surface area contributed by atoms with Crippen LogP contribution in [0.2, 0.25) is 0 Å². The number of morpholine rings is 1. The van der Waals surface area contributed by atoms with Gasteiger partial charge in [-0.3, -0.25) is 9.59 Å². The van der Waals surface area contributed by atoms with Crippen LogP contribution in [0.5, 0.6) is 0 Å². The van der Waals surface area contributed by atoms with Crippen molar-refractivity contribution in [2.75, 3.05) is 23.3 Å². The van der Waals surface area contributed by atoms with Gasteiger partial charge in [-0.2, -0.15) is 0 Å². The maximum absolute atomic E-state index is 12.2. The van der Waals surface area contributed by atoms with Crippen molar-refractivity contribution in [3.05, 3.63) is 24.3 Å². The molecule has 1 aromatic carbocycles. The zero-order chi connectivity index (χ0) is 19.2. The molecular weight excluding hydrogens is 342 g/mol. The van der Waals surface area contributed by atoms with Gasteiger partial charge in [0.25, 0.3) is 0 Å². The van der Waals surface area contributed by atoms with Gasteiger partial charge in [0.2, 0.25) is 0 Å². The first-order valence-corrected chi connectivity index (χ1v) is 10.1. The molecule has 1 aliphatic heterocycles. The van der Waals surface area contributed by atoms with Gasteiger partial charge in [0, 0.05) is 30.5 Å². The quantitative estimate of drug-likeness (QED) is 0.631. The number of carbonyl (C=O) groups excluding carboxylic acids is 2. The van der Waals surface area contributed by atoms with Crippen LogP contribution in [-0.4, -0.2) is 43.2 Å². The van der Waals surface area contributed by atoms with Gasteiger partial charge in [-0.15, -0.1) is 0 Å². The third-order valence-electron chi connectivity index (χ3n) is 5.31. The molecule has 1 aliphatic carbocycles. The summed E-state index contributed by atoms with van der Waals surface area (Å²) in [5, 5.41) is 5.58. The van der Waals surface area contributed by atoms with Gasteiger partial charge >= 0.3 is 11.8 Å². The topological polar surface area (TPSA) is 70.7 Å². The second kappa shape index (κ2) is 9.22. The molecule has 148 valence electrons. The molecule has 0 radical (unpaired) electrons. The molecule has 2 N–H and O–H groups in total. The Kier molecular flexibility index (Phi) is 6.72. The van der Waals surface area contributed by atoms with Crippen LogP contribution >= 0.6 is 0 Å². The summed E-state index contributed by atoms with van der Waals surface area (Å²) in [5.41, 5.74) is 1.73. The van der Waals surface area contributed by atoms with E-state index < -0.39 is 11.8 Å². The van der Waals surface area contributed by atoms with Crippen LogP contribution in [0.25, 0.3) is 0 Å². The average molecular weight is 373 g/mol. The highest BCUT2D eigenvalue weighted by molar-refractivity contribution is 6.39. The maximum Gasteiger partial charge on any atom is 0.313 e. The number of carbonyl (C=O) groups is 2. The fourth-order valence-electron chi connectivity index (χ4n) is 4.01. The number of nitrogens with zero attached hydrogens (tertiary/aromatic N) is 1. The number of rotatable bonds is 3. The van der Waals surface area contributed by atoms with Crippen LogP contribution in [0.15, 0.2) is 24.3 Å². The van der Waals surface area contributed by atoms with E-state index in [1.165, 1.54) is 12.8 Å². The van der Waals surface area contributed by atoms with Crippen molar-refractivity contribution in [1.82, 2.24) is 5.32 Å². The SMILES string of the molecule is C[C@H]1CN(c2ccc(NC(=O)C(=O)NC3CCCCCC3)cc2)C[C@H](C)O1. The first kappa shape index (κ1) is 19.7. The molecule has 1 heterocycles. The summed E-state index contributed by atoms with van der Waals surface area (Å²) in [5.74, 6) is -1.14. The number of hydrogen-bond donors (Lipinski definition) is 2. The van der Waals surface area contributed by atoms with E-state index in [0.717, 1.165) is 44.5 Å². The molecule has 0 spiro atoms. The Bertz CT molecular complexity index is 629. The fourth-order valence-corrected chi connectivity index (χ4v) is 4.01. The van der Waals surface area contributed by atoms with E-state index in [1.807, 2.05) is 24.3 Å². The Hall–Kier alpha value is -2.08. The molecule has 0 unspecified atom stereocenters. The Morgan fingerprint density at radius 2 is 1.52 bits per heavy atom. The summed E-state index contributed by atoms with van der Waals surface area (Å²) in [6.07, 6.45) is 6.98. The molecule has 6 nitrogen and oxygen atoms in total. The van der Waals surface area contributed by atoms with Gasteiger partial charge < -0.3 is 20.3 Å². The monoisotopic (exact) mass is 373 g/mol. The second-order valence-electron chi connectivity index (χ2n) is 7.83. The highest BCUT2D eigenvalue weighted by Gasteiger charge is 2.23. The van der Waals surface area contributed by atoms with Gasteiger partial charge in [0.05, 0.1) is 12.2 Å². The summed E-state index contributed by atoms with van der Waals surface area (Å²) in [6, 6.07) is 7.76. The predicted molar refractivity (Wildman–Crippen MR) is 107 cm³/mol. The lowest BCUT2D eigenvalue weighted by atomic mass is 10.1. The average Bonchev–Trinajstić information content (AvgIpc) is 2.90. The fraction of sp³-hybridized carbons (Fsp3) is 0.619. The molecule has 1 aromatic rings. The number of hydrogen-bond acceptors (Lipinski definition) is 4. The van der Waals surface area contributed by atoms with Crippen LogP contribution < -0.4 is 15.5 Å². The van der Waals surface area contributed by atoms with Crippen molar-refractivity contribution in [2.24, 2.45) is 0 Å². The van der Waals surface area contributed by atoms with Crippen molar-refractivity contribution in [2.45, 2.75) is 70.6 Å². The van der Waals surface area contributed by atoms with E-state index in [2.05, 4.69) is 29.4 Å². The van der Waals surface area contributed by atoms with Gasteiger partial charge in [-0.25, -0.2) is 0 Å². The summed E-state index contributed by atoms with van der Waals surface area (Å²) >= 11 is 0. The van der Waals surface area contributed by atoms with Crippen molar-refractivity contribution >= 4 is 23.2 Å². The minimum absolute atomic E-state index is 0.124. The number of amides is 2. The third kappa shape index (κ3) is 5.70. The number of ether oxygens (including phenoxy) is 1. The molecule has 2 aliphatic rings. The van der Waals surface area contributed by atoms with Crippen LogP contribution in [0, 0.1) is 0 Å². The Balaban J connectivity index is 1.52. The van der Waals surface area contributed by atoms with Crippen LogP contribution in [0.4, 0.5) is 11.4 Å². The van der Waals surface area contributed by atoms with Gasteiger partial charge in [0.1, 0.15) is 0 Å². The number of nitrogens with one attached hydrogen (secondary N) is 2. The summed E-state index contributed by atoms with van der Waals surface area (Å²) in [7, 11) is 0. The molecule has 3 rings (SSSR count). The largest absolute Gasteiger partial charge is 0.372 e. The van der Waals surface area contributed by atoms with E-state index in [0.29, 0.717) is 5.69 Å². The predicted octanol–water partition coefficient (Wildman–Crippen LogP) is 3.08. The lowest BCUT2D eigenvalue weighted by molar-refractivity contribution is -0.136. The van der Waals surface area contributed by atoms with Gasteiger partial charge in [-0.1, -0.05) is 25.7 Å². The van der Waals surface area contributed by atoms with Crippen molar-refractivity contribution in [3.63, 3.8) is 0 Å². The van der Waals surface area contributed by atoms with Crippen molar-refractivity contribution in [1.29, 1.82) is 0 Å². The normalized spacial score (nSPS) is 24.1. The Labute approximate surface area is 161 Å². The number of benzene rings is 1. The maximum atomic E-state index is 12.2. The molecule has 27 heavy (non-hydrogen) atoms. The Morgan fingerprint density at radius 3 is 2.11 bits per heavy atom. The van der Waals surface area contributed by atoms with Crippen LogP contribution in [0.3, 0.4) is 0 Å². The van der Waals surface area contributed by atoms with Crippen molar-refractivity contribution < 1.29 is 14.3 Å². The molecule has 2 amide bonds. The zero-order valence-electron chi connectivity index (χ0n) is 16.4. The van der Waals surface area contributed by atoms with E-state index in [4.69, 9.17) is 4.74 Å². The minimum atomic E-state index is -0.597. The molecule has 0 aromatic heterocycles. The lowest BCUT2D eigenvalue weighted by Crippen LogP contribution is -2.45. The standard InChI is InChI=1S/C21H31N3O3/c1-15-13-24(14-16(2)27-15)19-11-9-18(10-12-19)23-21(26)20(25)22-17-7-5-3-4-6-8-17/h9-12,15-17H,3-8,13-14H2,1-2H3,(H,22,25)(H,23,26)/t15-,16-/m0/s1. The molecular formula is C21H31N3O3. The summed E-state index contributed by atoms with van der Waals surface area (Å²) in [4.78, 5) is 26.6. The summed E-state index contributed by atoms with van der Waals surface area (Å²) < 4.78 is 5.77. The first-order chi connectivity index (χ1) is 13.0. The molecule has 2 fully saturated rings. The van der Waals surface area contributed by atoms with Crippen LogP contribution in [0.1, 0.15) is 52.4 Å². The third-order valence-corrected chi connectivity index (χ3v) is 5.31. The molecule has 1 saturated carbocycles. The molecule has 1 saturated heterocycles. The highest BCUT2D eigenvalue weighted by Crippen LogP contribution is 2.22. The van der Waals surface area contributed by atoms with Crippen molar-refractivity contribution in [3.8, 4) is 0 Å². The van der Waals surface area contributed by atoms with Gasteiger partial charge in [-0.05, 0) is 51.0 Å². The molecule has 0 bridgehead atoms. The van der Waals surface area contributed by atoms with E-state index >= 15 is 0 Å². The second-order valence-corrected chi connectivity index (χ2v) is 7.83. The van der Waals surface area contributed by atoms with E-state index in [1.54, 1.807) is 0 Å². The minimum Gasteiger partial charge on any atom is -0.372 e. The molecule has 6 heteroatoms.